The van der Waals surface area contributed by atoms with Gasteiger partial charge in [0, 0.05) is 34.2 Å². The van der Waals surface area contributed by atoms with E-state index < -0.39 is 0 Å². The molecule has 112 valence electrons. The maximum Gasteiger partial charge on any atom is 0.0998 e. The van der Waals surface area contributed by atoms with Gasteiger partial charge in [-0.05, 0) is 29.8 Å². The average Bonchev–Trinajstić information content (AvgIpc) is 2.92. The lowest BCUT2D eigenvalue weighted by Gasteiger charge is -1.99. The molecule has 1 heterocycles. The molecule has 0 fully saturated rings. The number of nitriles is 1. The van der Waals surface area contributed by atoms with Crippen LogP contribution in [0.15, 0.2) is 67.4 Å². The predicted molar refractivity (Wildman–Crippen MR) is 97.1 cm³/mol. The van der Waals surface area contributed by atoms with Crippen LogP contribution in [0.5, 0.6) is 0 Å². The molecule has 0 unspecified atom stereocenters. The molecule has 0 aliphatic carbocycles. The van der Waals surface area contributed by atoms with Crippen molar-refractivity contribution in [3.8, 4) is 6.07 Å². The molecular formula is C20H15ClN2. The minimum atomic E-state index is 0.614. The molecule has 0 saturated heterocycles. The van der Waals surface area contributed by atoms with E-state index in [4.69, 9.17) is 11.6 Å². The van der Waals surface area contributed by atoms with Gasteiger partial charge in [-0.1, -0.05) is 48.0 Å². The van der Waals surface area contributed by atoms with Crippen LogP contribution in [0.25, 0.3) is 22.6 Å². The van der Waals surface area contributed by atoms with Crippen molar-refractivity contribution in [3.63, 3.8) is 0 Å². The van der Waals surface area contributed by atoms with Crippen LogP contribution in [0.2, 0.25) is 5.02 Å². The highest BCUT2D eigenvalue weighted by molar-refractivity contribution is 6.30. The Morgan fingerprint density at radius 2 is 1.91 bits per heavy atom. The molecule has 0 amide bonds. The van der Waals surface area contributed by atoms with Crippen LogP contribution in [0.3, 0.4) is 0 Å². The monoisotopic (exact) mass is 318 g/mol. The van der Waals surface area contributed by atoms with Crippen LogP contribution in [0, 0.1) is 11.3 Å². The number of hydrogen-bond donors (Lipinski definition) is 0. The first kappa shape index (κ1) is 15.1. The summed E-state index contributed by atoms with van der Waals surface area (Å²) in [4.78, 5) is 0. The van der Waals surface area contributed by atoms with Gasteiger partial charge in [0.2, 0.25) is 0 Å². The molecule has 3 aromatic rings. The van der Waals surface area contributed by atoms with E-state index in [1.54, 1.807) is 12.1 Å². The van der Waals surface area contributed by atoms with Gasteiger partial charge in [-0.3, -0.25) is 0 Å². The quantitative estimate of drug-likeness (QED) is 0.458. The van der Waals surface area contributed by atoms with Crippen molar-refractivity contribution in [1.82, 2.24) is 4.57 Å². The summed E-state index contributed by atoms with van der Waals surface area (Å²) in [6.45, 7) is 4.54. The Labute approximate surface area is 140 Å². The lowest BCUT2D eigenvalue weighted by atomic mass is 10.0. The van der Waals surface area contributed by atoms with E-state index in [1.807, 2.05) is 36.4 Å². The van der Waals surface area contributed by atoms with Crippen molar-refractivity contribution in [2.24, 2.45) is 0 Å². The van der Waals surface area contributed by atoms with Crippen molar-refractivity contribution in [1.29, 1.82) is 5.26 Å². The predicted octanol–water partition coefficient (Wildman–Crippen LogP) is 5.54. The molecule has 0 bridgehead atoms. The van der Waals surface area contributed by atoms with Crippen molar-refractivity contribution in [3.05, 3.63) is 83.5 Å². The van der Waals surface area contributed by atoms with Crippen LogP contribution in [-0.2, 0) is 6.54 Å². The minimum absolute atomic E-state index is 0.614. The van der Waals surface area contributed by atoms with Gasteiger partial charge in [-0.2, -0.15) is 5.26 Å². The standard InChI is InChI=1S/C20H15ClN2/c1-2-11-23-14-17(19-5-3-4-6-20(19)23)12-16(13-22)15-7-9-18(21)10-8-15/h2-10,12,14H,1,11H2. The normalized spacial score (nSPS) is 11.4. The Balaban J connectivity index is 2.13. The molecule has 0 N–H and O–H groups in total. The van der Waals surface area contributed by atoms with E-state index in [0.717, 1.165) is 28.6 Å². The maximum absolute atomic E-state index is 9.52. The number of rotatable bonds is 4. The van der Waals surface area contributed by atoms with Gasteiger partial charge in [0.1, 0.15) is 0 Å². The molecule has 0 spiro atoms. The number of para-hydroxylation sites is 1. The number of allylic oxidation sites excluding steroid dienone is 2. The highest BCUT2D eigenvalue weighted by atomic mass is 35.5. The molecule has 3 heteroatoms. The largest absolute Gasteiger partial charge is 0.343 e. The van der Waals surface area contributed by atoms with Gasteiger partial charge in [-0.15, -0.1) is 6.58 Å². The molecule has 23 heavy (non-hydrogen) atoms. The van der Waals surface area contributed by atoms with Crippen LogP contribution in [0.4, 0.5) is 0 Å². The van der Waals surface area contributed by atoms with Gasteiger partial charge < -0.3 is 4.57 Å². The zero-order chi connectivity index (χ0) is 16.2. The first-order valence-electron chi connectivity index (χ1n) is 7.29. The van der Waals surface area contributed by atoms with E-state index in [9.17, 15) is 5.26 Å². The van der Waals surface area contributed by atoms with E-state index in [1.165, 1.54) is 0 Å². The second-order valence-electron chi connectivity index (χ2n) is 5.22. The van der Waals surface area contributed by atoms with Crippen LogP contribution >= 0.6 is 11.6 Å². The Morgan fingerprint density at radius 3 is 2.61 bits per heavy atom. The molecule has 0 aliphatic heterocycles. The summed E-state index contributed by atoms with van der Waals surface area (Å²) in [5, 5.41) is 11.3. The molecule has 2 aromatic carbocycles. The Kier molecular flexibility index (Phi) is 4.32. The Morgan fingerprint density at radius 1 is 1.17 bits per heavy atom. The summed E-state index contributed by atoms with van der Waals surface area (Å²) >= 11 is 5.92. The third-order valence-electron chi connectivity index (χ3n) is 3.72. The summed E-state index contributed by atoms with van der Waals surface area (Å²) in [6.07, 6.45) is 5.84. The van der Waals surface area contributed by atoms with Crippen LogP contribution in [0.1, 0.15) is 11.1 Å². The number of hydrogen-bond acceptors (Lipinski definition) is 1. The van der Waals surface area contributed by atoms with Crippen molar-refractivity contribution < 1.29 is 0 Å². The summed E-state index contributed by atoms with van der Waals surface area (Å²) in [7, 11) is 0. The van der Waals surface area contributed by atoms with Crippen LogP contribution < -0.4 is 0 Å². The molecule has 1 aromatic heterocycles. The van der Waals surface area contributed by atoms with Crippen molar-refractivity contribution in [2.45, 2.75) is 6.54 Å². The van der Waals surface area contributed by atoms with Crippen molar-refractivity contribution in [2.75, 3.05) is 0 Å². The van der Waals surface area contributed by atoms with Gasteiger partial charge in [0.25, 0.3) is 0 Å². The highest BCUT2D eigenvalue weighted by Gasteiger charge is 2.08. The molecule has 2 nitrogen and oxygen atoms in total. The summed E-state index contributed by atoms with van der Waals surface area (Å²) in [5.74, 6) is 0. The summed E-state index contributed by atoms with van der Waals surface area (Å²) in [5.41, 5.74) is 3.63. The zero-order valence-corrected chi connectivity index (χ0v) is 13.3. The molecular weight excluding hydrogens is 304 g/mol. The number of benzene rings is 2. The highest BCUT2D eigenvalue weighted by Crippen LogP contribution is 2.26. The van der Waals surface area contributed by atoms with Gasteiger partial charge in [0.05, 0.1) is 11.6 Å². The number of aromatic nitrogens is 1. The molecule has 0 saturated carbocycles. The first-order valence-corrected chi connectivity index (χ1v) is 7.67. The van der Waals surface area contributed by atoms with E-state index in [0.29, 0.717) is 10.6 Å². The SMILES string of the molecule is C=CCn1cc(C=C(C#N)c2ccc(Cl)cc2)c2ccccc21. The lowest BCUT2D eigenvalue weighted by molar-refractivity contribution is 0.865. The van der Waals surface area contributed by atoms with E-state index in [-0.39, 0.29) is 0 Å². The second kappa shape index (κ2) is 6.56. The van der Waals surface area contributed by atoms with Crippen molar-refractivity contribution >= 4 is 34.2 Å². The summed E-state index contributed by atoms with van der Waals surface area (Å²) < 4.78 is 2.13. The fraction of sp³-hybridized carbons (Fsp3) is 0.0500. The third kappa shape index (κ3) is 3.06. The number of nitrogens with zero attached hydrogens (tertiary/aromatic N) is 2. The average molecular weight is 319 g/mol. The summed E-state index contributed by atoms with van der Waals surface area (Å²) in [6, 6.07) is 17.8. The first-order chi connectivity index (χ1) is 11.2. The Bertz CT molecular complexity index is 924. The number of halogens is 1. The smallest absolute Gasteiger partial charge is 0.0998 e. The Hall–Kier alpha value is -2.76. The molecule has 0 atom stereocenters. The van der Waals surface area contributed by atoms with E-state index >= 15 is 0 Å². The maximum atomic E-state index is 9.52. The van der Waals surface area contributed by atoms with E-state index in [2.05, 4.69) is 35.5 Å². The van der Waals surface area contributed by atoms with Crippen LogP contribution in [-0.4, -0.2) is 4.57 Å². The minimum Gasteiger partial charge on any atom is -0.343 e. The van der Waals surface area contributed by atoms with Gasteiger partial charge in [0.15, 0.2) is 0 Å². The molecule has 0 radical (unpaired) electrons. The fourth-order valence-electron chi connectivity index (χ4n) is 2.65. The lowest BCUT2D eigenvalue weighted by Crippen LogP contribution is -1.91. The zero-order valence-electron chi connectivity index (χ0n) is 12.5. The second-order valence-corrected chi connectivity index (χ2v) is 5.66. The third-order valence-corrected chi connectivity index (χ3v) is 3.97. The molecule has 0 aliphatic rings. The topological polar surface area (TPSA) is 28.7 Å². The van der Waals surface area contributed by atoms with Gasteiger partial charge >= 0.3 is 0 Å². The molecule has 3 rings (SSSR count). The number of fused-ring (bicyclic) bond motifs is 1. The fourth-order valence-corrected chi connectivity index (χ4v) is 2.77. The van der Waals surface area contributed by atoms with Gasteiger partial charge in [-0.25, -0.2) is 0 Å².